The Bertz CT molecular complexity index is 1010. The van der Waals surface area contributed by atoms with Crippen molar-refractivity contribution in [2.45, 2.75) is 69.4 Å². The third-order valence-corrected chi connectivity index (χ3v) is 6.83. The van der Waals surface area contributed by atoms with E-state index in [-0.39, 0.29) is 16.7 Å². The summed E-state index contributed by atoms with van der Waals surface area (Å²) in [6.45, 7) is 1.70. The number of fused-ring (bicyclic) bond motifs is 4. The zero-order valence-corrected chi connectivity index (χ0v) is 16.4. The van der Waals surface area contributed by atoms with Crippen LogP contribution < -0.4 is 4.90 Å². The van der Waals surface area contributed by atoms with Gasteiger partial charge in [0.05, 0.1) is 17.0 Å². The maximum Gasteiger partial charge on any atom is 0.269 e. The average molecular weight is 392 g/mol. The molecule has 0 N–H and O–H groups in total. The number of nitro benzene ring substituents is 1. The van der Waals surface area contributed by atoms with E-state index < -0.39 is 5.41 Å². The lowest BCUT2D eigenvalue weighted by Crippen LogP contribution is -2.57. The number of rotatable bonds is 2. The van der Waals surface area contributed by atoms with Crippen molar-refractivity contribution >= 4 is 11.4 Å². The molecule has 5 rings (SSSR count). The van der Waals surface area contributed by atoms with Crippen LogP contribution in [0.5, 0.6) is 0 Å². The van der Waals surface area contributed by atoms with E-state index in [0.29, 0.717) is 6.42 Å². The van der Waals surface area contributed by atoms with Crippen molar-refractivity contribution in [1.29, 1.82) is 5.26 Å². The normalized spacial score (nSPS) is 25.9. The summed E-state index contributed by atoms with van der Waals surface area (Å²) in [5.74, 6) is 1.73. The highest BCUT2D eigenvalue weighted by molar-refractivity contribution is 5.64. The number of aromatic nitrogens is 3. The Balaban J connectivity index is 1.68. The minimum Gasteiger partial charge on any atom is -0.366 e. The van der Waals surface area contributed by atoms with Crippen molar-refractivity contribution in [3.8, 4) is 6.07 Å². The van der Waals surface area contributed by atoms with Crippen LogP contribution in [0.1, 0.15) is 55.7 Å². The first kappa shape index (κ1) is 18.1. The van der Waals surface area contributed by atoms with Gasteiger partial charge in [-0.15, -0.1) is 10.2 Å². The molecular weight excluding hydrogens is 368 g/mol. The fourth-order valence-corrected chi connectivity index (χ4v) is 5.46. The number of nitrogens with zero attached hydrogens (tertiary/aromatic N) is 6. The molecule has 0 saturated carbocycles. The number of hydrogen-bond donors (Lipinski definition) is 0. The van der Waals surface area contributed by atoms with E-state index in [2.05, 4.69) is 25.7 Å². The molecule has 1 aromatic carbocycles. The monoisotopic (exact) mass is 392 g/mol. The van der Waals surface area contributed by atoms with E-state index in [1.807, 2.05) is 6.07 Å². The zero-order valence-electron chi connectivity index (χ0n) is 16.4. The number of anilines is 1. The maximum absolute atomic E-state index is 11.4. The van der Waals surface area contributed by atoms with Crippen molar-refractivity contribution in [2.24, 2.45) is 0 Å². The predicted octanol–water partition coefficient (Wildman–Crippen LogP) is 3.29. The summed E-state index contributed by atoms with van der Waals surface area (Å²) in [6.07, 6.45) is 7.72. The molecule has 1 saturated heterocycles. The molecule has 0 unspecified atom stereocenters. The summed E-state index contributed by atoms with van der Waals surface area (Å²) >= 11 is 0. The number of aryl methyl sites for hydroxylation is 1. The molecule has 0 radical (unpaired) electrons. The van der Waals surface area contributed by atoms with Gasteiger partial charge in [-0.2, -0.15) is 5.26 Å². The van der Waals surface area contributed by atoms with Crippen LogP contribution in [-0.2, 0) is 24.8 Å². The molecule has 29 heavy (non-hydrogen) atoms. The smallest absolute Gasteiger partial charge is 0.269 e. The summed E-state index contributed by atoms with van der Waals surface area (Å²) < 4.78 is 2.17. The number of nitro groups is 1. The molecule has 8 nitrogen and oxygen atoms in total. The summed E-state index contributed by atoms with van der Waals surface area (Å²) in [7, 11) is 0. The first-order valence-corrected chi connectivity index (χ1v) is 10.5. The van der Waals surface area contributed by atoms with Crippen LogP contribution in [0.25, 0.3) is 0 Å². The first-order valence-electron chi connectivity index (χ1n) is 10.5. The molecule has 2 aromatic rings. The quantitative estimate of drug-likeness (QED) is 0.574. The van der Waals surface area contributed by atoms with Gasteiger partial charge >= 0.3 is 0 Å². The number of benzene rings is 1. The van der Waals surface area contributed by atoms with Crippen molar-refractivity contribution in [3.63, 3.8) is 0 Å². The molecule has 2 atom stereocenters. The van der Waals surface area contributed by atoms with E-state index in [0.717, 1.165) is 80.9 Å². The molecule has 150 valence electrons. The van der Waals surface area contributed by atoms with Gasteiger partial charge in [0, 0.05) is 43.8 Å². The predicted molar refractivity (Wildman–Crippen MR) is 107 cm³/mol. The van der Waals surface area contributed by atoms with Crippen LogP contribution in [0.15, 0.2) is 18.2 Å². The number of hydrogen-bond acceptors (Lipinski definition) is 6. The zero-order chi connectivity index (χ0) is 20.0. The van der Waals surface area contributed by atoms with Crippen molar-refractivity contribution in [2.75, 3.05) is 11.4 Å². The van der Waals surface area contributed by atoms with Crippen LogP contribution in [0.4, 0.5) is 11.4 Å². The molecule has 4 heterocycles. The number of piperidine rings is 1. The van der Waals surface area contributed by atoms with Gasteiger partial charge in [0.15, 0.2) is 5.82 Å². The summed E-state index contributed by atoms with van der Waals surface area (Å²) in [4.78, 5) is 13.3. The summed E-state index contributed by atoms with van der Waals surface area (Å²) in [5, 5.41) is 30.9. The average Bonchev–Trinajstić information content (AvgIpc) is 3.01. The highest BCUT2D eigenvalue weighted by Crippen LogP contribution is 2.47. The second-order valence-electron chi connectivity index (χ2n) is 8.44. The molecule has 8 heteroatoms. The molecule has 0 spiro atoms. The third kappa shape index (κ3) is 2.71. The lowest BCUT2D eigenvalue weighted by Gasteiger charge is -2.49. The topological polar surface area (TPSA) is 101 Å². The van der Waals surface area contributed by atoms with Gasteiger partial charge in [-0.25, -0.2) is 0 Å². The van der Waals surface area contributed by atoms with E-state index >= 15 is 0 Å². The van der Waals surface area contributed by atoms with Crippen LogP contribution >= 0.6 is 0 Å². The Morgan fingerprint density at radius 3 is 2.86 bits per heavy atom. The van der Waals surface area contributed by atoms with Gasteiger partial charge in [0.25, 0.3) is 5.69 Å². The molecular formula is C21H24N6O2. The third-order valence-electron chi connectivity index (χ3n) is 6.83. The minimum absolute atomic E-state index is 0.0201. The van der Waals surface area contributed by atoms with Crippen LogP contribution in [0.2, 0.25) is 0 Å². The molecule has 3 aliphatic rings. The van der Waals surface area contributed by atoms with Gasteiger partial charge < -0.3 is 9.47 Å². The summed E-state index contributed by atoms with van der Waals surface area (Å²) in [5.41, 5.74) is 1.14. The molecule has 0 amide bonds. The number of non-ortho nitro benzene ring substituents is 1. The van der Waals surface area contributed by atoms with Crippen molar-refractivity contribution in [3.05, 3.63) is 45.5 Å². The van der Waals surface area contributed by atoms with Gasteiger partial charge in [-0.1, -0.05) is 6.42 Å². The highest BCUT2D eigenvalue weighted by atomic mass is 16.6. The van der Waals surface area contributed by atoms with Gasteiger partial charge in [-0.05, 0) is 43.7 Å². The molecule has 0 aliphatic carbocycles. The van der Waals surface area contributed by atoms with Crippen LogP contribution in [0.3, 0.4) is 0 Å². The Kier molecular flexibility index (Phi) is 4.26. The van der Waals surface area contributed by atoms with Gasteiger partial charge in [0.2, 0.25) is 0 Å². The molecule has 1 fully saturated rings. The van der Waals surface area contributed by atoms with Gasteiger partial charge in [-0.3, -0.25) is 10.1 Å². The van der Waals surface area contributed by atoms with Crippen molar-refractivity contribution < 1.29 is 4.92 Å². The second kappa shape index (κ2) is 6.83. The van der Waals surface area contributed by atoms with Crippen LogP contribution in [0, 0.1) is 21.4 Å². The molecule has 3 aliphatic heterocycles. The van der Waals surface area contributed by atoms with Crippen molar-refractivity contribution in [1.82, 2.24) is 14.8 Å². The lowest BCUT2D eigenvalue weighted by atomic mass is 9.68. The lowest BCUT2D eigenvalue weighted by molar-refractivity contribution is -0.384. The Hall–Kier alpha value is -2.95. The Morgan fingerprint density at radius 1 is 1.17 bits per heavy atom. The van der Waals surface area contributed by atoms with E-state index in [4.69, 9.17) is 0 Å². The first-order chi connectivity index (χ1) is 14.1. The Morgan fingerprint density at radius 2 is 2.03 bits per heavy atom. The van der Waals surface area contributed by atoms with E-state index in [1.165, 1.54) is 0 Å². The van der Waals surface area contributed by atoms with Gasteiger partial charge in [0.1, 0.15) is 11.2 Å². The summed E-state index contributed by atoms with van der Waals surface area (Å²) in [6, 6.07) is 7.74. The molecule has 0 bridgehead atoms. The maximum atomic E-state index is 11.4. The fraction of sp³-hybridized carbons (Fsp3) is 0.571. The second-order valence-corrected chi connectivity index (χ2v) is 8.44. The highest BCUT2D eigenvalue weighted by Gasteiger charge is 2.52. The van der Waals surface area contributed by atoms with Crippen LogP contribution in [-0.4, -0.2) is 32.3 Å². The minimum atomic E-state index is -0.835. The fourth-order valence-electron chi connectivity index (χ4n) is 5.46. The molecule has 1 aromatic heterocycles. The SMILES string of the molecule is N#C[C@@]1(c2nnc3n2CCCCC3)Cc2cc([N+](=O)[O-])ccc2N2CCCC[C@@H]21. The largest absolute Gasteiger partial charge is 0.366 e. The van der Waals surface area contributed by atoms with E-state index in [9.17, 15) is 15.4 Å². The van der Waals surface area contributed by atoms with E-state index in [1.54, 1.807) is 12.1 Å². The standard InChI is InChI=1S/C21H24N6O2/c22-14-21(20-24-23-19-7-2-1-4-11-26(19)20)13-15-12-16(27(28)29)8-9-17(15)25-10-5-3-6-18(21)25/h8-9,12,18H,1-7,10-11,13H2/t18-,21+/m1/s1. The Labute approximate surface area is 169 Å². The number of nitriles is 1.